The Morgan fingerprint density at radius 1 is 1.10 bits per heavy atom. The maximum absolute atomic E-state index is 5.53. The first-order chi connectivity index (χ1) is 9.81. The number of para-hydroxylation sites is 1. The zero-order valence-corrected chi connectivity index (χ0v) is 12.9. The summed E-state index contributed by atoms with van der Waals surface area (Å²) in [6.45, 7) is 6.89. The standard InChI is InChI=1S/C16H27NO3/c1-4-19-16(20-5-2)10-12-17-15-9-7-6-8-14(15)11-13-18-3/h6-9,16-17H,4-5,10-13H2,1-3H3. The summed E-state index contributed by atoms with van der Waals surface area (Å²) in [5.74, 6) is 0. The zero-order chi connectivity index (χ0) is 14.6. The van der Waals surface area contributed by atoms with Crippen LogP contribution in [0.25, 0.3) is 0 Å². The van der Waals surface area contributed by atoms with Crippen molar-refractivity contribution in [2.45, 2.75) is 33.0 Å². The third kappa shape index (κ3) is 6.37. The maximum atomic E-state index is 5.53. The van der Waals surface area contributed by atoms with Crippen LogP contribution in [0.3, 0.4) is 0 Å². The molecule has 0 aliphatic carbocycles. The number of hydrogen-bond donors (Lipinski definition) is 1. The molecule has 0 heterocycles. The quantitative estimate of drug-likeness (QED) is 0.633. The largest absolute Gasteiger partial charge is 0.385 e. The molecule has 1 N–H and O–H groups in total. The van der Waals surface area contributed by atoms with Gasteiger partial charge in [0.05, 0.1) is 6.61 Å². The molecule has 0 radical (unpaired) electrons. The minimum Gasteiger partial charge on any atom is -0.385 e. The lowest BCUT2D eigenvalue weighted by atomic mass is 10.1. The first-order valence-electron chi connectivity index (χ1n) is 7.35. The normalized spacial score (nSPS) is 11.0. The van der Waals surface area contributed by atoms with Crippen LogP contribution < -0.4 is 5.32 Å². The van der Waals surface area contributed by atoms with E-state index < -0.39 is 0 Å². The molecule has 0 spiro atoms. The van der Waals surface area contributed by atoms with Crippen molar-refractivity contribution in [3.63, 3.8) is 0 Å². The Morgan fingerprint density at radius 3 is 2.45 bits per heavy atom. The van der Waals surface area contributed by atoms with Gasteiger partial charge in [0.1, 0.15) is 0 Å². The third-order valence-electron chi connectivity index (χ3n) is 2.99. The highest BCUT2D eigenvalue weighted by molar-refractivity contribution is 5.51. The Bertz CT molecular complexity index is 351. The number of nitrogens with one attached hydrogen (secondary N) is 1. The third-order valence-corrected chi connectivity index (χ3v) is 2.99. The van der Waals surface area contributed by atoms with Crippen LogP contribution in [0.5, 0.6) is 0 Å². The van der Waals surface area contributed by atoms with Crippen molar-refractivity contribution in [2.75, 3.05) is 38.8 Å². The Kier molecular flexibility index (Phi) is 9.04. The van der Waals surface area contributed by atoms with Gasteiger partial charge in [-0.3, -0.25) is 0 Å². The molecule has 0 saturated carbocycles. The molecule has 0 aromatic heterocycles. The van der Waals surface area contributed by atoms with Gasteiger partial charge in [0.25, 0.3) is 0 Å². The predicted molar refractivity (Wildman–Crippen MR) is 82.2 cm³/mol. The molecule has 1 aromatic carbocycles. The summed E-state index contributed by atoms with van der Waals surface area (Å²) < 4.78 is 16.2. The molecule has 4 nitrogen and oxygen atoms in total. The lowest BCUT2D eigenvalue weighted by molar-refractivity contribution is -0.137. The van der Waals surface area contributed by atoms with Crippen LogP contribution in [0.15, 0.2) is 24.3 Å². The van der Waals surface area contributed by atoms with Crippen molar-refractivity contribution in [1.29, 1.82) is 0 Å². The van der Waals surface area contributed by atoms with E-state index in [1.165, 1.54) is 5.56 Å². The van der Waals surface area contributed by atoms with E-state index in [1.807, 2.05) is 19.9 Å². The van der Waals surface area contributed by atoms with Crippen LogP contribution >= 0.6 is 0 Å². The maximum Gasteiger partial charge on any atom is 0.159 e. The van der Waals surface area contributed by atoms with E-state index in [1.54, 1.807) is 7.11 Å². The van der Waals surface area contributed by atoms with Gasteiger partial charge in [-0.05, 0) is 31.9 Å². The van der Waals surface area contributed by atoms with Crippen LogP contribution in [-0.2, 0) is 20.6 Å². The molecule has 114 valence electrons. The molecule has 4 heteroatoms. The average Bonchev–Trinajstić information content (AvgIpc) is 2.46. The first kappa shape index (κ1) is 17.0. The van der Waals surface area contributed by atoms with Gasteiger partial charge in [-0.25, -0.2) is 0 Å². The van der Waals surface area contributed by atoms with Gasteiger partial charge < -0.3 is 19.5 Å². The fraction of sp³-hybridized carbons (Fsp3) is 0.625. The highest BCUT2D eigenvalue weighted by atomic mass is 16.7. The van der Waals surface area contributed by atoms with Crippen molar-refractivity contribution in [2.24, 2.45) is 0 Å². The van der Waals surface area contributed by atoms with Crippen molar-refractivity contribution in [3.05, 3.63) is 29.8 Å². The molecule has 1 rings (SSSR count). The molecular formula is C16H27NO3. The number of benzene rings is 1. The van der Waals surface area contributed by atoms with E-state index in [4.69, 9.17) is 14.2 Å². The van der Waals surface area contributed by atoms with Gasteiger partial charge in [-0.1, -0.05) is 18.2 Å². The lowest BCUT2D eigenvalue weighted by Crippen LogP contribution is -2.21. The SMILES string of the molecule is CCOC(CCNc1ccccc1CCOC)OCC. The second-order valence-electron chi connectivity index (χ2n) is 4.46. The van der Waals surface area contributed by atoms with Crippen LogP contribution in [0.4, 0.5) is 5.69 Å². The molecule has 20 heavy (non-hydrogen) atoms. The topological polar surface area (TPSA) is 39.7 Å². The highest BCUT2D eigenvalue weighted by Gasteiger charge is 2.08. The highest BCUT2D eigenvalue weighted by Crippen LogP contribution is 2.16. The van der Waals surface area contributed by atoms with Crippen molar-refractivity contribution in [1.82, 2.24) is 0 Å². The molecule has 0 amide bonds. The van der Waals surface area contributed by atoms with E-state index in [0.29, 0.717) is 13.2 Å². The second-order valence-corrected chi connectivity index (χ2v) is 4.46. The monoisotopic (exact) mass is 281 g/mol. The van der Waals surface area contributed by atoms with E-state index in [2.05, 4.69) is 23.5 Å². The van der Waals surface area contributed by atoms with Gasteiger partial charge in [0.2, 0.25) is 0 Å². The number of ether oxygens (including phenoxy) is 3. The fourth-order valence-electron chi connectivity index (χ4n) is 2.03. The molecule has 0 fully saturated rings. The molecule has 0 unspecified atom stereocenters. The number of rotatable bonds is 11. The number of methoxy groups -OCH3 is 1. The van der Waals surface area contributed by atoms with Crippen molar-refractivity contribution >= 4 is 5.69 Å². The van der Waals surface area contributed by atoms with Crippen LogP contribution in [0.2, 0.25) is 0 Å². The molecule has 0 saturated heterocycles. The Labute approximate surface area is 122 Å². The van der Waals surface area contributed by atoms with E-state index >= 15 is 0 Å². The Morgan fingerprint density at radius 2 is 1.80 bits per heavy atom. The Balaban J connectivity index is 2.43. The molecular weight excluding hydrogens is 254 g/mol. The molecule has 0 aliphatic rings. The van der Waals surface area contributed by atoms with Crippen molar-refractivity contribution in [3.8, 4) is 0 Å². The van der Waals surface area contributed by atoms with Crippen LogP contribution in [0.1, 0.15) is 25.8 Å². The van der Waals surface area contributed by atoms with Gasteiger partial charge in [0, 0.05) is 39.0 Å². The van der Waals surface area contributed by atoms with E-state index in [9.17, 15) is 0 Å². The fourth-order valence-corrected chi connectivity index (χ4v) is 2.03. The van der Waals surface area contributed by atoms with Gasteiger partial charge in [-0.2, -0.15) is 0 Å². The van der Waals surface area contributed by atoms with E-state index in [0.717, 1.165) is 31.7 Å². The lowest BCUT2D eigenvalue weighted by Gasteiger charge is -2.18. The zero-order valence-electron chi connectivity index (χ0n) is 12.9. The molecule has 0 atom stereocenters. The molecule has 0 aliphatic heterocycles. The summed E-state index contributed by atoms with van der Waals surface area (Å²) in [5, 5.41) is 3.45. The van der Waals surface area contributed by atoms with Gasteiger partial charge >= 0.3 is 0 Å². The van der Waals surface area contributed by atoms with Crippen LogP contribution in [0, 0.1) is 0 Å². The summed E-state index contributed by atoms with van der Waals surface area (Å²) in [7, 11) is 1.73. The van der Waals surface area contributed by atoms with Crippen LogP contribution in [-0.4, -0.2) is 39.8 Å². The molecule has 1 aromatic rings. The first-order valence-corrected chi connectivity index (χ1v) is 7.35. The second kappa shape index (κ2) is 10.7. The van der Waals surface area contributed by atoms with Crippen molar-refractivity contribution < 1.29 is 14.2 Å². The summed E-state index contributed by atoms with van der Waals surface area (Å²) in [6.07, 6.45) is 1.63. The van der Waals surface area contributed by atoms with E-state index in [-0.39, 0.29) is 6.29 Å². The predicted octanol–water partition coefficient (Wildman–Crippen LogP) is 3.08. The Hall–Kier alpha value is -1.10. The number of hydrogen-bond acceptors (Lipinski definition) is 4. The number of anilines is 1. The molecule has 0 bridgehead atoms. The smallest absolute Gasteiger partial charge is 0.159 e. The summed E-state index contributed by atoms with van der Waals surface area (Å²) in [6, 6.07) is 8.33. The minimum absolute atomic E-state index is 0.122. The summed E-state index contributed by atoms with van der Waals surface area (Å²) in [5.41, 5.74) is 2.44. The average molecular weight is 281 g/mol. The minimum atomic E-state index is -0.122. The summed E-state index contributed by atoms with van der Waals surface area (Å²) >= 11 is 0. The summed E-state index contributed by atoms with van der Waals surface area (Å²) in [4.78, 5) is 0. The van der Waals surface area contributed by atoms with Gasteiger partial charge in [0.15, 0.2) is 6.29 Å². The van der Waals surface area contributed by atoms with Gasteiger partial charge in [-0.15, -0.1) is 0 Å².